The summed E-state index contributed by atoms with van der Waals surface area (Å²) in [5.41, 5.74) is 26.0. The first-order valence-corrected chi connectivity index (χ1v) is 31.6. The van der Waals surface area contributed by atoms with Crippen LogP contribution in [0.3, 0.4) is 0 Å². The van der Waals surface area contributed by atoms with Gasteiger partial charge in [0.05, 0.1) is 46.9 Å². The van der Waals surface area contributed by atoms with Crippen LogP contribution in [0.5, 0.6) is 0 Å². The molecule has 15 heterocycles. The molecule has 0 fully saturated rings. The third kappa shape index (κ3) is 19.9. The lowest BCUT2D eigenvalue weighted by Crippen LogP contribution is -2.30. The summed E-state index contributed by atoms with van der Waals surface area (Å²) in [6.45, 7) is 23.6. The van der Waals surface area contributed by atoms with E-state index in [0.29, 0.717) is 0 Å². The second kappa shape index (κ2) is 33.7. The number of fused-ring (bicyclic) bond motifs is 7. The molecular weight excluding hydrogens is 1080 g/mol. The summed E-state index contributed by atoms with van der Waals surface area (Å²) in [6, 6.07) is 17.1. The Bertz CT molecular complexity index is 2920. The molecule has 0 spiro atoms. The summed E-state index contributed by atoms with van der Waals surface area (Å²) >= 11 is 1.78. The molecule has 458 valence electrons. The van der Waals surface area contributed by atoms with Gasteiger partial charge in [-0.2, -0.15) is 0 Å². The molecule has 20 heteroatoms. The highest BCUT2D eigenvalue weighted by molar-refractivity contribution is 7.09. The predicted octanol–water partition coefficient (Wildman–Crippen LogP) is 6.47. The molecule has 3 N–H and O–H groups in total. The third-order valence-electron chi connectivity index (χ3n) is 16.3. The number of nitrogens with zero attached hydrogens (tertiary/aromatic N) is 16. The molecule has 0 aliphatic carbocycles. The van der Waals surface area contributed by atoms with Gasteiger partial charge in [0, 0.05) is 197 Å². The topological polar surface area (TPSA) is 159 Å². The van der Waals surface area contributed by atoms with Crippen molar-refractivity contribution in [1.29, 1.82) is 0 Å². The van der Waals surface area contributed by atoms with Gasteiger partial charge in [-0.1, -0.05) is 50.2 Å². The molecule has 6 aromatic heterocycles. The SMILES string of the molecule is CC.CN1CCC2=C(CNN2)C1.CN1CCc2ccccc2C1.CN1CCc2cccnc2C1.CN1CCc2ncncc2C1.CN1CCc2ncsc2C1.CN1CCn2ccnc2C1.CN1Cc2cccnc2C1.Cn1cnc2c1CNCC2. The highest BCUT2D eigenvalue weighted by atomic mass is 32.1. The molecule has 0 atom stereocenters. The molecule has 16 rings (SSSR count). The number of thiazole rings is 1. The summed E-state index contributed by atoms with van der Waals surface area (Å²) in [4.78, 5) is 47.2. The molecule has 19 nitrogen and oxygen atoms in total. The molecule has 0 amide bonds. The van der Waals surface area contributed by atoms with Crippen molar-refractivity contribution in [2.24, 2.45) is 7.05 Å². The fourth-order valence-corrected chi connectivity index (χ4v) is 12.2. The molecule has 1 aromatic carbocycles. The van der Waals surface area contributed by atoms with Crippen molar-refractivity contribution in [1.82, 2.24) is 94.5 Å². The zero-order chi connectivity index (χ0) is 59.9. The zero-order valence-corrected chi connectivity index (χ0v) is 53.6. The largest absolute Gasteiger partial charge is 0.336 e. The average Bonchev–Trinajstić information content (AvgIpc) is 4.50. The number of hydrogen-bond donors (Lipinski definition) is 3. The van der Waals surface area contributed by atoms with E-state index in [0.717, 1.165) is 124 Å². The lowest BCUT2D eigenvalue weighted by Gasteiger charge is -2.24. The summed E-state index contributed by atoms with van der Waals surface area (Å²) in [5.74, 6) is 1.19. The van der Waals surface area contributed by atoms with Crippen molar-refractivity contribution in [3.63, 3.8) is 0 Å². The number of aromatic nitrogens is 9. The Morgan fingerprint density at radius 3 is 1.86 bits per heavy atom. The van der Waals surface area contributed by atoms with Gasteiger partial charge in [0.2, 0.25) is 0 Å². The van der Waals surface area contributed by atoms with Gasteiger partial charge in [-0.15, -0.1) is 11.3 Å². The van der Waals surface area contributed by atoms with Gasteiger partial charge >= 0.3 is 0 Å². The average molecular weight is 1180 g/mol. The molecule has 0 saturated carbocycles. The second-order valence-electron chi connectivity index (χ2n) is 23.3. The number of pyridine rings is 2. The van der Waals surface area contributed by atoms with Crippen LogP contribution in [0.2, 0.25) is 0 Å². The number of likely N-dealkylation sites (N-methyl/N-ethyl adjacent to an activating group) is 6. The van der Waals surface area contributed by atoms with Crippen LogP contribution in [0.1, 0.15) is 93.0 Å². The first-order valence-electron chi connectivity index (χ1n) is 30.7. The van der Waals surface area contributed by atoms with Gasteiger partial charge in [0.25, 0.3) is 0 Å². The van der Waals surface area contributed by atoms with Gasteiger partial charge in [-0.3, -0.25) is 19.8 Å². The third-order valence-corrected chi connectivity index (χ3v) is 17.2. The van der Waals surface area contributed by atoms with Crippen LogP contribution in [0.15, 0.2) is 109 Å². The minimum absolute atomic E-state index is 0.978. The monoisotopic (exact) mass is 1180 g/mol. The van der Waals surface area contributed by atoms with Crippen LogP contribution in [0.25, 0.3) is 0 Å². The Labute approximate surface area is 511 Å². The predicted molar refractivity (Wildman–Crippen MR) is 343 cm³/mol. The summed E-state index contributed by atoms with van der Waals surface area (Å²) < 4.78 is 4.29. The quantitative estimate of drug-likeness (QED) is 0.152. The van der Waals surface area contributed by atoms with E-state index in [1.54, 1.807) is 17.7 Å². The van der Waals surface area contributed by atoms with Crippen LogP contribution in [0.4, 0.5) is 0 Å². The number of hydrogen-bond acceptors (Lipinski definition) is 18. The van der Waals surface area contributed by atoms with Gasteiger partial charge in [0.1, 0.15) is 12.2 Å². The van der Waals surface area contributed by atoms with E-state index < -0.39 is 0 Å². The van der Waals surface area contributed by atoms with Gasteiger partial charge in [-0.05, 0) is 102 Å². The minimum Gasteiger partial charge on any atom is -0.336 e. The van der Waals surface area contributed by atoms with E-state index in [-0.39, 0.29) is 0 Å². The van der Waals surface area contributed by atoms with E-state index in [1.807, 2.05) is 75.8 Å². The van der Waals surface area contributed by atoms with Crippen LogP contribution in [-0.4, -0.2) is 187 Å². The Hall–Kier alpha value is -6.17. The highest BCUT2D eigenvalue weighted by Gasteiger charge is 2.21. The summed E-state index contributed by atoms with van der Waals surface area (Å²) in [7, 11) is 17.0. The maximum Gasteiger partial charge on any atom is 0.122 e. The van der Waals surface area contributed by atoms with E-state index in [2.05, 4.69) is 180 Å². The molecule has 7 aromatic rings. The molecule has 0 bridgehead atoms. The fraction of sp³-hybridized carbons (Fsp3) is 0.523. The number of hydrazine groups is 1. The molecule has 9 aliphatic rings. The first-order chi connectivity index (χ1) is 41.4. The first kappa shape index (κ1) is 64.8. The summed E-state index contributed by atoms with van der Waals surface area (Å²) in [5, 5.41) is 3.31. The van der Waals surface area contributed by atoms with E-state index >= 15 is 0 Å². The maximum atomic E-state index is 4.33. The number of benzene rings is 1. The lowest BCUT2D eigenvalue weighted by molar-refractivity contribution is 0.264. The Kier molecular flexibility index (Phi) is 25.7. The Morgan fingerprint density at radius 1 is 0.459 bits per heavy atom. The molecule has 85 heavy (non-hydrogen) atoms. The minimum atomic E-state index is 0.978. The Morgan fingerprint density at radius 2 is 1.08 bits per heavy atom. The number of imidazole rings is 2. The van der Waals surface area contributed by atoms with E-state index in [1.165, 1.54) is 116 Å². The van der Waals surface area contributed by atoms with Crippen LogP contribution in [-0.2, 0) is 98.1 Å². The van der Waals surface area contributed by atoms with Gasteiger partial charge < -0.3 is 44.4 Å². The molecular formula is C65H97N19S. The maximum absolute atomic E-state index is 4.33. The summed E-state index contributed by atoms with van der Waals surface area (Å²) in [6.07, 6.45) is 19.9. The van der Waals surface area contributed by atoms with Crippen molar-refractivity contribution < 1.29 is 0 Å². The standard InChI is InChI=1S/C10H13N.C9H12N2.C8H11N3.C8H10N2.C7H13N3.2C7H11N3.C7H10N2S.C2H6/c1-11-7-6-9-4-2-3-5-10(9)8-11;1-11-6-4-8-3-2-5-10-9(8)7-11;1-11-3-2-8-7(5-11)4-9-6-10-8;1-10-5-7-3-2-4-9-8(7)6-10;1-10-3-2-7-6(5-10)4-8-9-7;1-10-5-9-6-2-3-8-4-7(6)10;1-9-4-5-10-3-2-8-7(10)6-9;1-9-3-2-6-7(4-9)10-5-8-6;1-2/h2-5H,6-8H2,1H3;2-3,5H,4,6-7H2,1H3;4,6H,2-3,5H2,1H3;2-4H,5-6H2,1H3;8-9H,2-5H2,1H3;5,8H,2-4H2,1H3;2-3H,4-6H2,1H3;5H,2-4H2,1H3;1-2H3. The smallest absolute Gasteiger partial charge is 0.122 e. The van der Waals surface area contributed by atoms with Crippen molar-refractivity contribution >= 4 is 11.3 Å². The zero-order valence-electron chi connectivity index (χ0n) is 52.8. The van der Waals surface area contributed by atoms with Gasteiger partial charge in [-0.25, -0.2) is 30.3 Å². The fourth-order valence-electron chi connectivity index (χ4n) is 11.3. The van der Waals surface area contributed by atoms with Crippen molar-refractivity contribution in [2.75, 3.05) is 108 Å². The lowest BCUT2D eigenvalue weighted by atomic mass is 10.0. The van der Waals surface area contributed by atoms with Crippen molar-refractivity contribution in [3.05, 3.63) is 182 Å². The van der Waals surface area contributed by atoms with Crippen molar-refractivity contribution in [2.45, 2.75) is 111 Å². The Balaban J connectivity index is 0.000000126. The van der Waals surface area contributed by atoms with E-state index in [9.17, 15) is 0 Å². The number of aryl methyl sites for hydroxylation is 1. The second-order valence-corrected chi connectivity index (χ2v) is 24.3. The molecule has 0 unspecified atom stereocenters. The van der Waals surface area contributed by atoms with Crippen LogP contribution in [0, 0.1) is 0 Å². The normalized spacial score (nSPS) is 18.6. The number of nitrogens with one attached hydrogen (secondary N) is 3. The van der Waals surface area contributed by atoms with Crippen LogP contribution < -0.4 is 16.2 Å². The van der Waals surface area contributed by atoms with Crippen LogP contribution >= 0.6 is 11.3 Å². The van der Waals surface area contributed by atoms with Gasteiger partial charge in [0.15, 0.2) is 0 Å². The number of rotatable bonds is 0. The molecule has 0 radical (unpaired) electrons. The highest BCUT2D eigenvalue weighted by Crippen LogP contribution is 2.22. The van der Waals surface area contributed by atoms with E-state index in [4.69, 9.17) is 0 Å². The van der Waals surface area contributed by atoms with Crippen molar-refractivity contribution in [3.8, 4) is 0 Å². The molecule has 0 saturated heterocycles. The molecule has 9 aliphatic heterocycles.